The molecule has 0 aliphatic carbocycles. The second kappa shape index (κ2) is 9.80. The van der Waals surface area contributed by atoms with E-state index < -0.39 is 11.9 Å². The van der Waals surface area contributed by atoms with Gasteiger partial charge in [-0.25, -0.2) is 10.2 Å². The molecule has 0 saturated carbocycles. The van der Waals surface area contributed by atoms with Crippen molar-refractivity contribution in [2.45, 2.75) is 26.2 Å². The predicted molar refractivity (Wildman–Crippen MR) is 134 cm³/mol. The van der Waals surface area contributed by atoms with Crippen LogP contribution in [0.4, 0.5) is 0 Å². The lowest BCUT2D eigenvalue weighted by Gasteiger charge is -2.14. The van der Waals surface area contributed by atoms with E-state index in [1.807, 2.05) is 57.2 Å². The number of aromatic amines is 1. The third kappa shape index (κ3) is 5.38. The minimum absolute atomic E-state index is 0.149. The molecule has 1 aromatic heterocycles. The van der Waals surface area contributed by atoms with Gasteiger partial charge in [0.15, 0.2) is 17.2 Å². The van der Waals surface area contributed by atoms with Gasteiger partial charge in [-0.05, 0) is 46.7 Å². The third-order valence-electron chi connectivity index (χ3n) is 5.40. The minimum Gasteiger partial charge on any atom is -0.493 e. The van der Waals surface area contributed by atoms with E-state index >= 15 is 0 Å². The van der Waals surface area contributed by atoms with Gasteiger partial charge in [0, 0.05) is 11.1 Å². The Bertz CT molecular complexity index is 1410. The number of hydrogen-bond acceptors (Lipinski definition) is 6. The number of esters is 1. The van der Waals surface area contributed by atoms with Crippen LogP contribution in [0.3, 0.4) is 0 Å². The molecule has 0 atom stereocenters. The number of carbonyl (C=O) groups excluding carboxylic acids is 2. The number of ether oxygens (including phenoxy) is 2. The van der Waals surface area contributed by atoms with E-state index in [-0.39, 0.29) is 16.9 Å². The molecule has 0 bridgehead atoms. The van der Waals surface area contributed by atoms with Crippen molar-refractivity contribution in [3.8, 4) is 11.5 Å². The topological polar surface area (TPSA) is 106 Å². The Kier molecular flexibility index (Phi) is 6.64. The first kappa shape index (κ1) is 23.7. The molecule has 4 rings (SSSR count). The summed E-state index contributed by atoms with van der Waals surface area (Å²) >= 11 is 0. The highest BCUT2D eigenvalue weighted by Crippen LogP contribution is 2.29. The molecule has 0 aliphatic heterocycles. The van der Waals surface area contributed by atoms with Crippen LogP contribution in [0.1, 0.15) is 52.9 Å². The molecular formula is C27H26N4O4. The number of amides is 1. The predicted octanol–water partition coefficient (Wildman–Crippen LogP) is 4.85. The standard InChI is InChI=1S/C27H26N4O4/c1-27(2,3)24-15-21(29-30-24)25(32)31-28-16-17-12-13-22(23(14-17)34-4)35-26(33)20-11-7-9-18-8-5-6-10-19(18)20/h5-16H,1-4H3,(H,29,30)(H,31,32)/b28-16-. The molecule has 4 aromatic rings. The van der Waals surface area contributed by atoms with Crippen LogP contribution in [0.2, 0.25) is 0 Å². The number of hydrazone groups is 1. The number of nitrogens with one attached hydrogen (secondary N) is 2. The van der Waals surface area contributed by atoms with Gasteiger partial charge in [-0.1, -0.05) is 57.2 Å². The molecule has 2 N–H and O–H groups in total. The number of fused-ring (bicyclic) bond motifs is 1. The summed E-state index contributed by atoms with van der Waals surface area (Å²) in [5.74, 6) is -0.281. The van der Waals surface area contributed by atoms with Crippen LogP contribution in [-0.4, -0.2) is 35.4 Å². The molecule has 0 saturated heterocycles. The van der Waals surface area contributed by atoms with E-state index in [0.29, 0.717) is 16.9 Å². The minimum atomic E-state index is -0.484. The Hall–Kier alpha value is -4.46. The first-order valence-corrected chi connectivity index (χ1v) is 11.0. The molecule has 3 aromatic carbocycles. The fourth-order valence-corrected chi connectivity index (χ4v) is 3.45. The van der Waals surface area contributed by atoms with Crippen molar-refractivity contribution < 1.29 is 19.1 Å². The average Bonchev–Trinajstić information content (AvgIpc) is 3.36. The molecular weight excluding hydrogens is 444 g/mol. The van der Waals surface area contributed by atoms with Gasteiger partial charge in [-0.15, -0.1) is 0 Å². The number of nitrogens with zero attached hydrogens (tertiary/aromatic N) is 2. The summed E-state index contributed by atoms with van der Waals surface area (Å²) in [5, 5.41) is 12.7. The maximum Gasteiger partial charge on any atom is 0.344 e. The summed E-state index contributed by atoms with van der Waals surface area (Å²) in [4.78, 5) is 25.2. The largest absolute Gasteiger partial charge is 0.493 e. The monoisotopic (exact) mass is 470 g/mol. The summed E-state index contributed by atoms with van der Waals surface area (Å²) in [5.41, 5.74) is 4.52. The quantitative estimate of drug-likeness (QED) is 0.181. The van der Waals surface area contributed by atoms with E-state index in [0.717, 1.165) is 16.5 Å². The van der Waals surface area contributed by atoms with Gasteiger partial charge in [-0.3, -0.25) is 9.89 Å². The van der Waals surface area contributed by atoms with Crippen molar-refractivity contribution in [2.24, 2.45) is 5.10 Å². The zero-order valence-corrected chi connectivity index (χ0v) is 20.0. The van der Waals surface area contributed by atoms with E-state index in [4.69, 9.17) is 9.47 Å². The molecule has 8 heteroatoms. The first-order chi connectivity index (χ1) is 16.8. The zero-order chi connectivity index (χ0) is 25.0. The molecule has 0 spiro atoms. The lowest BCUT2D eigenvalue weighted by molar-refractivity contribution is 0.0731. The number of hydrogen-bond donors (Lipinski definition) is 2. The fourth-order valence-electron chi connectivity index (χ4n) is 3.45. The highest BCUT2D eigenvalue weighted by molar-refractivity contribution is 6.05. The number of benzene rings is 3. The van der Waals surface area contributed by atoms with Gasteiger partial charge >= 0.3 is 5.97 Å². The Labute approximate surface area is 203 Å². The van der Waals surface area contributed by atoms with Crippen LogP contribution >= 0.6 is 0 Å². The Morgan fingerprint density at radius 3 is 2.51 bits per heavy atom. The molecule has 0 aliphatic rings. The molecule has 0 fully saturated rings. The van der Waals surface area contributed by atoms with Gasteiger partial charge in [0.1, 0.15) is 0 Å². The van der Waals surface area contributed by atoms with Crippen LogP contribution in [0.25, 0.3) is 10.8 Å². The van der Waals surface area contributed by atoms with Crippen LogP contribution in [0.15, 0.2) is 71.8 Å². The van der Waals surface area contributed by atoms with Gasteiger partial charge < -0.3 is 9.47 Å². The molecule has 1 heterocycles. The highest BCUT2D eigenvalue weighted by Gasteiger charge is 2.19. The van der Waals surface area contributed by atoms with E-state index in [1.54, 1.807) is 30.3 Å². The van der Waals surface area contributed by atoms with Crippen molar-refractivity contribution in [3.05, 3.63) is 89.2 Å². The maximum atomic E-state index is 12.9. The van der Waals surface area contributed by atoms with Crippen LogP contribution in [0.5, 0.6) is 11.5 Å². The Morgan fingerprint density at radius 2 is 1.77 bits per heavy atom. The second-order valence-corrected chi connectivity index (χ2v) is 8.94. The number of methoxy groups -OCH3 is 1. The van der Waals surface area contributed by atoms with Crippen molar-refractivity contribution in [2.75, 3.05) is 7.11 Å². The third-order valence-corrected chi connectivity index (χ3v) is 5.40. The molecule has 35 heavy (non-hydrogen) atoms. The van der Waals surface area contributed by atoms with Gasteiger partial charge in [0.05, 0.1) is 18.9 Å². The lowest BCUT2D eigenvalue weighted by Crippen LogP contribution is -2.18. The fraction of sp³-hybridized carbons (Fsp3) is 0.185. The number of rotatable bonds is 6. The summed E-state index contributed by atoms with van der Waals surface area (Å²) in [6.45, 7) is 6.07. The first-order valence-electron chi connectivity index (χ1n) is 11.0. The van der Waals surface area contributed by atoms with Crippen LogP contribution in [-0.2, 0) is 5.41 Å². The number of H-pyrrole nitrogens is 1. The Balaban J connectivity index is 1.45. The van der Waals surface area contributed by atoms with Crippen molar-refractivity contribution >= 4 is 28.9 Å². The van der Waals surface area contributed by atoms with E-state index in [1.165, 1.54) is 13.3 Å². The van der Waals surface area contributed by atoms with Crippen molar-refractivity contribution in [1.82, 2.24) is 15.6 Å². The smallest absolute Gasteiger partial charge is 0.344 e. The van der Waals surface area contributed by atoms with Crippen molar-refractivity contribution in [3.63, 3.8) is 0 Å². The Morgan fingerprint density at radius 1 is 1.00 bits per heavy atom. The van der Waals surface area contributed by atoms with Gasteiger partial charge in [0.25, 0.3) is 5.91 Å². The van der Waals surface area contributed by atoms with Crippen molar-refractivity contribution in [1.29, 1.82) is 0 Å². The van der Waals surface area contributed by atoms with Crippen LogP contribution in [0, 0.1) is 0 Å². The summed E-state index contributed by atoms with van der Waals surface area (Å²) in [6, 6.07) is 19.8. The molecule has 0 unspecified atom stereocenters. The molecule has 0 radical (unpaired) electrons. The SMILES string of the molecule is COc1cc(/C=N\NC(=O)c2cc(C(C)(C)C)[nH]n2)ccc1OC(=O)c1cccc2ccccc12. The zero-order valence-electron chi connectivity index (χ0n) is 20.0. The summed E-state index contributed by atoms with van der Waals surface area (Å²) in [6.07, 6.45) is 1.47. The summed E-state index contributed by atoms with van der Waals surface area (Å²) in [7, 11) is 1.48. The highest BCUT2D eigenvalue weighted by atomic mass is 16.6. The van der Waals surface area contributed by atoms with Gasteiger partial charge in [0.2, 0.25) is 0 Å². The van der Waals surface area contributed by atoms with Crippen LogP contribution < -0.4 is 14.9 Å². The number of aromatic nitrogens is 2. The van der Waals surface area contributed by atoms with E-state index in [2.05, 4.69) is 20.7 Å². The normalized spacial score (nSPS) is 11.5. The second-order valence-electron chi connectivity index (χ2n) is 8.94. The lowest BCUT2D eigenvalue weighted by atomic mass is 9.92. The molecule has 1 amide bonds. The number of carbonyl (C=O) groups is 2. The van der Waals surface area contributed by atoms with Gasteiger partial charge in [-0.2, -0.15) is 10.2 Å². The van der Waals surface area contributed by atoms with E-state index in [9.17, 15) is 9.59 Å². The maximum absolute atomic E-state index is 12.9. The molecule has 8 nitrogen and oxygen atoms in total. The average molecular weight is 471 g/mol. The molecule has 178 valence electrons. The summed E-state index contributed by atoms with van der Waals surface area (Å²) < 4.78 is 11.0.